The summed E-state index contributed by atoms with van der Waals surface area (Å²) in [4.78, 5) is 0. The molecular formula is C25H20O. The molecule has 0 bridgehead atoms. The van der Waals surface area contributed by atoms with Gasteiger partial charge in [0.05, 0.1) is 0 Å². The van der Waals surface area contributed by atoms with E-state index < -0.39 is 0 Å². The van der Waals surface area contributed by atoms with E-state index in [0.717, 1.165) is 29.1 Å². The highest BCUT2D eigenvalue weighted by Gasteiger charge is 2.10. The van der Waals surface area contributed by atoms with Gasteiger partial charge in [-0.2, -0.15) is 0 Å². The molecule has 0 spiro atoms. The van der Waals surface area contributed by atoms with Gasteiger partial charge in [-0.1, -0.05) is 91.1 Å². The second kappa shape index (κ2) is 7.71. The van der Waals surface area contributed by atoms with Crippen molar-refractivity contribution in [3.8, 4) is 11.3 Å². The molecule has 0 radical (unpaired) electrons. The Morgan fingerprint density at radius 1 is 0.731 bits per heavy atom. The van der Waals surface area contributed by atoms with Gasteiger partial charge in [-0.3, -0.25) is 0 Å². The lowest BCUT2D eigenvalue weighted by Crippen LogP contribution is -1.86. The number of allylic oxidation sites excluding steroid dienone is 6. The van der Waals surface area contributed by atoms with Crippen LogP contribution in [0.15, 0.2) is 102 Å². The Labute approximate surface area is 154 Å². The normalized spacial score (nSPS) is 13.8. The molecule has 0 saturated heterocycles. The maximum Gasteiger partial charge on any atom is 0.135 e. The average Bonchev–Trinajstić information content (AvgIpc) is 3.00. The second-order valence-electron chi connectivity index (χ2n) is 6.18. The van der Waals surface area contributed by atoms with E-state index in [4.69, 9.17) is 4.42 Å². The van der Waals surface area contributed by atoms with Crippen LogP contribution in [-0.2, 0) is 0 Å². The molecule has 0 amide bonds. The molecule has 4 rings (SSSR count). The van der Waals surface area contributed by atoms with Crippen molar-refractivity contribution in [2.45, 2.75) is 6.42 Å². The summed E-state index contributed by atoms with van der Waals surface area (Å²) in [5.41, 5.74) is 4.65. The third-order valence-corrected chi connectivity index (χ3v) is 4.35. The van der Waals surface area contributed by atoms with E-state index in [2.05, 4.69) is 72.9 Å². The van der Waals surface area contributed by atoms with Crippen molar-refractivity contribution in [1.82, 2.24) is 0 Å². The fraction of sp³-hybridized carbons (Fsp3) is 0.0400. The van der Waals surface area contributed by atoms with Crippen LogP contribution in [-0.4, -0.2) is 0 Å². The van der Waals surface area contributed by atoms with Crippen LogP contribution in [0.4, 0.5) is 0 Å². The van der Waals surface area contributed by atoms with Gasteiger partial charge in [0.15, 0.2) is 0 Å². The SMILES string of the molecule is C1=CCC=CC(c2ccccc2-c2ccc(/C=C/c3ccccc3)o2)=C1. The fourth-order valence-electron chi connectivity index (χ4n) is 3.04. The predicted octanol–water partition coefficient (Wildman–Crippen LogP) is 7.02. The highest BCUT2D eigenvalue weighted by atomic mass is 16.3. The van der Waals surface area contributed by atoms with Crippen LogP contribution < -0.4 is 0 Å². The van der Waals surface area contributed by atoms with E-state index in [1.807, 2.05) is 36.4 Å². The van der Waals surface area contributed by atoms with Gasteiger partial charge >= 0.3 is 0 Å². The summed E-state index contributed by atoms with van der Waals surface area (Å²) in [6, 6.07) is 22.7. The molecule has 26 heavy (non-hydrogen) atoms. The van der Waals surface area contributed by atoms with Gasteiger partial charge in [0.2, 0.25) is 0 Å². The van der Waals surface area contributed by atoms with E-state index in [1.165, 1.54) is 11.1 Å². The number of rotatable bonds is 4. The number of hydrogen-bond donors (Lipinski definition) is 0. The number of benzene rings is 2. The Morgan fingerprint density at radius 2 is 1.54 bits per heavy atom. The predicted molar refractivity (Wildman–Crippen MR) is 110 cm³/mol. The molecule has 0 N–H and O–H groups in total. The summed E-state index contributed by atoms with van der Waals surface area (Å²) in [5.74, 6) is 1.74. The lowest BCUT2D eigenvalue weighted by Gasteiger charge is -2.08. The lowest BCUT2D eigenvalue weighted by atomic mass is 9.97. The van der Waals surface area contributed by atoms with E-state index >= 15 is 0 Å². The van der Waals surface area contributed by atoms with Crippen LogP contribution in [0.5, 0.6) is 0 Å². The molecule has 0 saturated carbocycles. The average molecular weight is 336 g/mol. The van der Waals surface area contributed by atoms with E-state index in [-0.39, 0.29) is 0 Å². The Balaban J connectivity index is 1.65. The molecule has 126 valence electrons. The van der Waals surface area contributed by atoms with Gasteiger partial charge in [-0.25, -0.2) is 0 Å². The summed E-state index contributed by atoms with van der Waals surface area (Å²) in [6.07, 6.45) is 15.8. The largest absolute Gasteiger partial charge is 0.457 e. The molecule has 0 atom stereocenters. The van der Waals surface area contributed by atoms with Crippen molar-refractivity contribution >= 4 is 17.7 Å². The van der Waals surface area contributed by atoms with Crippen molar-refractivity contribution in [2.75, 3.05) is 0 Å². The first-order valence-corrected chi connectivity index (χ1v) is 8.86. The van der Waals surface area contributed by atoms with Crippen LogP contribution in [0.1, 0.15) is 23.3 Å². The van der Waals surface area contributed by atoms with Crippen LogP contribution in [0.2, 0.25) is 0 Å². The Bertz CT molecular complexity index is 997. The van der Waals surface area contributed by atoms with Gasteiger partial charge in [0, 0.05) is 5.56 Å². The topological polar surface area (TPSA) is 13.1 Å². The highest BCUT2D eigenvalue weighted by Crippen LogP contribution is 2.32. The minimum Gasteiger partial charge on any atom is -0.457 e. The van der Waals surface area contributed by atoms with Crippen molar-refractivity contribution in [1.29, 1.82) is 0 Å². The molecule has 0 fully saturated rings. The van der Waals surface area contributed by atoms with Crippen molar-refractivity contribution in [2.24, 2.45) is 0 Å². The molecule has 1 aromatic heterocycles. The zero-order valence-electron chi connectivity index (χ0n) is 14.5. The third kappa shape index (κ3) is 3.68. The summed E-state index contributed by atoms with van der Waals surface area (Å²) in [6.45, 7) is 0. The van der Waals surface area contributed by atoms with Crippen LogP contribution in [0.3, 0.4) is 0 Å². The minimum atomic E-state index is 0.851. The van der Waals surface area contributed by atoms with Gasteiger partial charge in [-0.15, -0.1) is 0 Å². The minimum absolute atomic E-state index is 0.851. The molecule has 1 heteroatoms. The molecule has 1 aliphatic carbocycles. The van der Waals surface area contributed by atoms with Gasteiger partial charge in [0.25, 0.3) is 0 Å². The van der Waals surface area contributed by atoms with E-state index in [9.17, 15) is 0 Å². The summed E-state index contributed by atoms with van der Waals surface area (Å²) >= 11 is 0. The molecule has 3 aromatic rings. The van der Waals surface area contributed by atoms with Crippen LogP contribution in [0.25, 0.3) is 29.0 Å². The lowest BCUT2D eigenvalue weighted by molar-refractivity contribution is 0.572. The van der Waals surface area contributed by atoms with Gasteiger partial charge < -0.3 is 4.42 Å². The molecule has 0 aliphatic heterocycles. The molecule has 1 nitrogen and oxygen atoms in total. The smallest absolute Gasteiger partial charge is 0.135 e. The summed E-state index contributed by atoms with van der Waals surface area (Å²) in [7, 11) is 0. The first-order chi connectivity index (χ1) is 12.9. The molecule has 2 aromatic carbocycles. The second-order valence-corrected chi connectivity index (χ2v) is 6.18. The quantitative estimate of drug-likeness (QED) is 0.499. The highest BCUT2D eigenvalue weighted by molar-refractivity contribution is 5.85. The summed E-state index contributed by atoms with van der Waals surface area (Å²) in [5, 5.41) is 0. The number of furan rings is 1. The molecule has 0 unspecified atom stereocenters. The van der Waals surface area contributed by atoms with Crippen molar-refractivity contribution in [3.63, 3.8) is 0 Å². The number of hydrogen-bond acceptors (Lipinski definition) is 1. The van der Waals surface area contributed by atoms with E-state index in [1.54, 1.807) is 0 Å². The fourth-order valence-corrected chi connectivity index (χ4v) is 3.04. The summed E-state index contributed by atoms with van der Waals surface area (Å²) < 4.78 is 6.10. The van der Waals surface area contributed by atoms with Crippen LogP contribution in [0, 0.1) is 0 Å². The molecule has 1 aliphatic rings. The standard InChI is InChI=1S/C25H20O/c1-2-7-13-21(12-6-1)23-14-8-9-15-24(23)25-19-18-22(26-25)17-16-20-10-4-3-5-11-20/h1,3-19H,2H2/b17-16+. The molecular weight excluding hydrogens is 316 g/mol. The third-order valence-electron chi connectivity index (χ3n) is 4.35. The van der Waals surface area contributed by atoms with Gasteiger partial charge in [0.1, 0.15) is 11.5 Å². The Kier molecular flexibility index (Phi) is 4.79. The maximum atomic E-state index is 6.10. The van der Waals surface area contributed by atoms with Crippen molar-refractivity contribution < 1.29 is 4.42 Å². The Hall–Kier alpha value is -3.32. The maximum absolute atomic E-state index is 6.10. The van der Waals surface area contributed by atoms with Crippen LogP contribution >= 0.6 is 0 Å². The molecule has 1 heterocycles. The van der Waals surface area contributed by atoms with Crippen molar-refractivity contribution in [3.05, 3.63) is 114 Å². The zero-order valence-corrected chi connectivity index (χ0v) is 14.5. The van der Waals surface area contributed by atoms with Gasteiger partial charge in [-0.05, 0) is 41.3 Å². The monoisotopic (exact) mass is 336 g/mol. The van der Waals surface area contributed by atoms with E-state index in [0.29, 0.717) is 0 Å². The zero-order chi connectivity index (χ0) is 17.6. The first-order valence-electron chi connectivity index (χ1n) is 8.86. The Morgan fingerprint density at radius 3 is 2.42 bits per heavy atom. The first kappa shape index (κ1) is 16.2.